The Balaban J connectivity index is 1.11. The number of alkyl carbamates (subject to hydrolysis) is 1. The fourth-order valence-electron chi connectivity index (χ4n) is 4.65. The Morgan fingerprint density at radius 1 is 0.971 bits per heavy atom. The van der Waals surface area contributed by atoms with Gasteiger partial charge in [-0.15, -0.1) is 0 Å². The van der Waals surface area contributed by atoms with E-state index in [9.17, 15) is 14.4 Å². The first-order valence-electron chi connectivity index (χ1n) is 11.4. The molecule has 1 aliphatic carbocycles. The number of carbonyl (C=O) groups excluding carboxylic acids is 2. The predicted molar refractivity (Wildman–Crippen MR) is 126 cm³/mol. The first-order valence-corrected chi connectivity index (χ1v) is 11.4. The Labute approximate surface area is 201 Å². The molecule has 2 heterocycles. The molecule has 1 aliphatic heterocycles. The first-order chi connectivity index (χ1) is 17.0. The number of hydrogen-bond donors (Lipinski definition) is 2. The second kappa shape index (κ2) is 9.54. The summed E-state index contributed by atoms with van der Waals surface area (Å²) in [5.41, 5.74) is 4.93. The summed E-state index contributed by atoms with van der Waals surface area (Å²) in [7, 11) is 0. The summed E-state index contributed by atoms with van der Waals surface area (Å²) < 4.78 is 5.51. The normalized spacial score (nSPS) is 14.6. The summed E-state index contributed by atoms with van der Waals surface area (Å²) in [6.45, 7) is 1.11. The van der Waals surface area contributed by atoms with Crippen molar-refractivity contribution in [2.45, 2.75) is 18.9 Å². The van der Waals surface area contributed by atoms with Gasteiger partial charge in [-0.3, -0.25) is 9.59 Å². The molecule has 0 spiro atoms. The van der Waals surface area contributed by atoms with Crippen LogP contribution in [0.25, 0.3) is 11.1 Å². The van der Waals surface area contributed by atoms with Crippen molar-refractivity contribution in [3.05, 3.63) is 83.4 Å². The fraction of sp³-hybridized carbons (Fsp3) is 0.269. The van der Waals surface area contributed by atoms with Crippen LogP contribution >= 0.6 is 0 Å². The van der Waals surface area contributed by atoms with Crippen molar-refractivity contribution in [2.75, 3.05) is 19.7 Å². The standard InChI is InChI=1S/C26H24N4O5/c31-24(32)9-16-13-30(14-16)25(33)17-10-27-23(28-11-17)12-29-26(34)35-15-22-20-7-3-1-5-18(20)19-6-2-4-8-21(19)22/h1-8,10-11,16,22H,9,12-15H2,(H,29,34)(H,31,32). The summed E-state index contributed by atoms with van der Waals surface area (Å²) in [6, 6.07) is 16.3. The number of rotatable bonds is 7. The van der Waals surface area contributed by atoms with Crippen molar-refractivity contribution >= 4 is 18.0 Å². The van der Waals surface area contributed by atoms with Gasteiger partial charge in [-0.2, -0.15) is 0 Å². The molecule has 35 heavy (non-hydrogen) atoms. The molecule has 0 saturated carbocycles. The maximum atomic E-state index is 12.4. The predicted octanol–water partition coefficient (Wildman–Crippen LogP) is 3.06. The fourth-order valence-corrected chi connectivity index (χ4v) is 4.65. The van der Waals surface area contributed by atoms with Crippen molar-refractivity contribution in [3.8, 4) is 11.1 Å². The quantitative estimate of drug-likeness (QED) is 0.542. The number of carboxylic acids is 1. The largest absolute Gasteiger partial charge is 0.481 e. The lowest BCUT2D eigenvalue weighted by atomic mass is 9.96. The third-order valence-electron chi connectivity index (χ3n) is 6.39. The van der Waals surface area contributed by atoms with E-state index in [1.54, 1.807) is 4.90 Å². The van der Waals surface area contributed by atoms with Crippen LogP contribution in [0.5, 0.6) is 0 Å². The number of hydrogen-bond acceptors (Lipinski definition) is 6. The lowest BCUT2D eigenvalue weighted by Crippen LogP contribution is -2.50. The Hall–Kier alpha value is -4.27. The van der Waals surface area contributed by atoms with Gasteiger partial charge in [0, 0.05) is 37.3 Å². The molecule has 0 bridgehead atoms. The molecule has 0 radical (unpaired) electrons. The number of carbonyl (C=O) groups is 3. The van der Waals surface area contributed by atoms with Crippen LogP contribution in [0.4, 0.5) is 4.79 Å². The second-order valence-corrected chi connectivity index (χ2v) is 8.74. The van der Waals surface area contributed by atoms with Gasteiger partial charge in [0.1, 0.15) is 12.4 Å². The molecule has 2 N–H and O–H groups in total. The smallest absolute Gasteiger partial charge is 0.407 e. The molecule has 9 heteroatoms. The van der Waals surface area contributed by atoms with E-state index in [-0.39, 0.29) is 37.3 Å². The Morgan fingerprint density at radius 3 is 2.17 bits per heavy atom. The van der Waals surface area contributed by atoms with Crippen LogP contribution in [0.1, 0.15) is 39.6 Å². The van der Waals surface area contributed by atoms with Crippen LogP contribution in [-0.2, 0) is 16.1 Å². The van der Waals surface area contributed by atoms with Crippen LogP contribution < -0.4 is 5.32 Å². The minimum Gasteiger partial charge on any atom is -0.481 e. The summed E-state index contributed by atoms with van der Waals surface area (Å²) in [6.07, 6.45) is 2.31. The Morgan fingerprint density at radius 2 is 1.57 bits per heavy atom. The van der Waals surface area contributed by atoms with E-state index in [0.29, 0.717) is 24.5 Å². The van der Waals surface area contributed by atoms with Crippen LogP contribution in [0, 0.1) is 5.92 Å². The highest BCUT2D eigenvalue weighted by Gasteiger charge is 2.33. The molecule has 2 aromatic carbocycles. The third-order valence-corrected chi connectivity index (χ3v) is 6.39. The molecule has 2 aliphatic rings. The van der Waals surface area contributed by atoms with Gasteiger partial charge in [-0.05, 0) is 22.3 Å². The average Bonchev–Trinajstić information content (AvgIpc) is 3.17. The van der Waals surface area contributed by atoms with E-state index in [1.807, 2.05) is 24.3 Å². The lowest BCUT2D eigenvalue weighted by Gasteiger charge is -2.38. The monoisotopic (exact) mass is 472 g/mol. The molecule has 1 aromatic heterocycles. The minimum absolute atomic E-state index is 0.0157. The molecule has 1 fully saturated rings. The molecule has 0 unspecified atom stereocenters. The van der Waals surface area contributed by atoms with Crippen molar-refractivity contribution < 1.29 is 24.2 Å². The Kier molecular flexibility index (Phi) is 6.13. The average molecular weight is 473 g/mol. The number of aromatic nitrogens is 2. The molecule has 9 nitrogen and oxygen atoms in total. The van der Waals surface area contributed by atoms with E-state index < -0.39 is 12.1 Å². The van der Waals surface area contributed by atoms with Gasteiger partial charge in [-0.25, -0.2) is 14.8 Å². The van der Waals surface area contributed by atoms with Crippen molar-refractivity contribution in [2.24, 2.45) is 5.92 Å². The molecular formula is C26H24N4O5. The maximum Gasteiger partial charge on any atom is 0.407 e. The van der Waals surface area contributed by atoms with Crippen LogP contribution in [0.15, 0.2) is 60.9 Å². The lowest BCUT2D eigenvalue weighted by molar-refractivity contribution is -0.139. The SMILES string of the molecule is O=C(O)CC1CN(C(=O)c2cnc(CNC(=O)OCC3c4ccccc4-c4ccccc43)nc2)C1. The number of ether oxygens (including phenoxy) is 1. The topological polar surface area (TPSA) is 122 Å². The minimum atomic E-state index is -0.862. The molecule has 2 amide bonds. The molecule has 3 aromatic rings. The van der Waals surface area contributed by atoms with Crippen molar-refractivity contribution in [1.29, 1.82) is 0 Å². The molecule has 0 atom stereocenters. The number of carboxylic acid groups (broad SMARTS) is 1. The number of fused-ring (bicyclic) bond motifs is 3. The zero-order valence-corrected chi connectivity index (χ0v) is 18.9. The van der Waals surface area contributed by atoms with Gasteiger partial charge in [0.05, 0.1) is 18.5 Å². The van der Waals surface area contributed by atoms with Crippen molar-refractivity contribution in [1.82, 2.24) is 20.2 Å². The van der Waals surface area contributed by atoms with Gasteiger partial charge in [0.2, 0.25) is 0 Å². The highest BCUT2D eigenvalue weighted by atomic mass is 16.5. The molecule has 5 rings (SSSR count). The highest BCUT2D eigenvalue weighted by molar-refractivity contribution is 5.94. The number of nitrogens with one attached hydrogen (secondary N) is 1. The van der Waals surface area contributed by atoms with Crippen LogP contribution in [0.2, 0.25) is 0 Å². The summed E-state index contributed by atoms with van der Waals surface area (Å²) in [4.78, 5) is 45.4. The first kappa shape index (κ1) is 22.5. The summed E-state index contributed by atoms with van der Waals surface area (Å²) in [5, 5.41) is 11.5. The van der Waals surface area contributed by atoms with Gasteiger partial charge < -0.3 is 20.1 Å². The van der Waals surface area contributed by atoms with E-state index in [0.717, 1.165) is 22.3 Å². The van der Waals surface area contributed by atoms with Crippen LogP contribution in [-0.4, -0.2) is 57.6 Å². The van der Waals surface area contributed by atoms with Gasteiger partial charge in [0.15, 0.2) is 0 Å². The van der Waals surface area contributed by atoms with Crippen molar-refractivity contribution in [3.63, 3.8) is 0 Å². The highest BCUT2D eigenvalue weighted by Crippen LogP contribution is 2.44. The summed E-state index contributed by atoms with van der Waals surface area (Å²) in [5.74, 6) is -0.784. The third kappa shape index (κ3) is 4.70. The Bertz CT molecular complexity index is 1230. The number of nitrogens with zero attached hydrogens (tertiary/aromatic N) is 3. The number of amides is 2. The van der Waals surface area contributed by atoms with E-state index in [1.165, 1.54) is 12.4 Å². The molecule has 178 valence electrons. The number of benzene rings is 2. The van der Waals surface area contributed by atoms with Gasteiger partial charge in [0.25, 0.3) is 5.91 Å². The maximum absolute atomic E-state index is 12.4. The molecule has 1 saturated heterocycles. The zero-order valence-electron chi connectivity index (χ0n) is 18.9. The van der Waals surface area contributed by atoms with E-state index >= 15 is 0 Å². The number of aliphatic carboxylic acids is 1. The molecular weight excluding hydrogens is 448 g/mol. The van der Waals surface area contributed by atoms with Crippen LogP contribution in [0.3, 0.4) is 0 Å². The summed E-state index contributed by atoms with van der Waals surface area (Å²) >= 11 is 0. The van der Waals surface area contributed by atoms with E-state index in [4.69, 9.17) is 9.84 Å². The zero-order chi connectivity index (χ0) is 24.4. The van der Waals surface area contributed by atoms with Gasteiger partial charge in [-0.1, -0.05) is 48.5 Å². The van der Waals surface area contributed by atoms with Gasteiger partial charge >= 0.3 is 12.1 Å². The second-order valence-electron chi connectivity index (χ2n) is 8.74. The number of likely N-dealkylation sites (tertiary alicyclic amines) is 1. The van der Waals surface area contributed by atoms with E-state index in [2.05, 4.69) is 39.6 Å².